The Kier molecular flexibility index (Phi) is 2.73. The number of carbonyl (C=O) groups is 1. The van der Waals surface area contributed by atoms with Crippen LogP contribution in [0.4, 0.5) is 0 Å². The quantitative estimate of drug-likeness (QED) is 0.772. The van der Waals surface area contributed by atoms with Crippen LogP contribution in [-0.4, -0.2) is 17.6 Å². The summed E-state index contributed by atoms with van der Waals surface area (Å²) in [5.74, 6) is -0.748. The summed E-state index contributed by atoms with van der Waals surface area (Å²) in [6.07, 6.45) is 1.16. The monoisotopic (exact) mass is 205 g/mol. The Labute approximate surface area is 89.1 Å². The Balaban J connectivity index is 2.34. The van der Waals surface area contributed by atoms with Crippen molar-refractivity contribution in [3.63, 3.8) is 0 Å². The van der Waals surface area contributed by atoms with E-state index in [1.807, 2.05) is 12.1 Å². The second-order valence-electron chi connectivity index (χ2n) is 4.00. The van der Waals surface area contributed by atoms with E-state index in [2.05, 4.69) is 18.3 Å². The maximum Gasteiger partial charge on any atom is 0.305 e. The third-order valence-electron chi connectivity index (χ3n) is 2.97. The molecule has 1 heterocycles. The van der Waals surface area contributed by atoms with Gasteiger partial charge in [-0.15, -0.1) is 0 Å². The van der Waals surface area contributed by atoms with Crippen molar-refractivity contribution in [1.82, 2.24) is 5.32 Å². The Hall–Kier alpha value is -1.35. The fourth-order valence-corrected chi connectivity index (χ4v) is 2.23. The molecular weight excluding hydrogens is 190 g/mol. The van der Waals surface area contributed by atoms with Crippen molar-refractivity contribution in [2.24, 2.45) is 0 Å². The van der Waals surface area contributed by atoms with Crippen LogP contribution in [0.3, 0.4) is 0 Å². The third kappa shape index (κ3) is 2.02. The van der Waals surface area contributed by atoms with Crippen molar-refractivity contribution < 1.29 is 9.90 Å². The molecule has 15 heavy (non-hydrogen) atoms. The van der Waals surface area contributed by atoms with Gasteiger partial charge in [0.1, 0.15) is 0 Å². The zero-order valence-corrected chi connectivity index (χ0v) is 8.79. The highest BCUT2D eigenvalue weighted by atomic mass is 16.4. The van der Waals surface area contributed by atoms with E-state index in [0.29, 0.717) is 0 Å². The number of nitrogens with one attached hydrogen (secondary N) is 1. The molecule has 2 rings (SSSR count). The minimum Gasteiger partial charge on any atom is -0.481 e. The summed E-state index contributed by atoms with van der Waals surface area (Å²) in [6, 6.07) is 6.09. The molecule has 1 aromatic carbocycles. The summed E-state index contributed by atoms with van der Waals surface area (Å²) in [5.41, 5.74) is 3.75. The van der Waals surface area contributed by atoms with Gasteiger partial charge in [0.05, 0.1) is 6.42 Å². The van der Waals surface area contributed by atoms with Gasteiger partial charge >= 0.3 is 5.97 Å². The number of carboxylic acids is 1. The largest absolute Gasteiger partial charge is 0.481 e. The molecule has 2 N–H and O–H groups in total. The molecule has 1 atom stereocenters. The molecule has 1 unspecified atom stereocenters. The summed E-state index contributed by atoms with van der Waals surface area (Å²) < 4.78 is 0. The molecule has 0 amide bonds. The van der Waals surface area contributed by atoms with Crippen LogP contribution in [0, 0.1) is 6.92 Å². The molecule has 0 spiro atoms. The predicted molar refractivity (Wildman–Crippen MR) is 57.9 cm³/mol. The maximum atomic E-state index is 10.7. The molecule has 0 bridgehead atoms. The van der Waals surface area contributed by atoms with Gasteiger partial charge in [0.15, 0.2) is 0 Å². The second-order valence-corrected chi connectivity index (χ2v) is 4.00. The number of aliphatic carboxylic acids is 1. The molecule has 0 aromatic heterocycles. The van der Waals surface area contributed by atoms with E-state index in [4.69, 9.17) is 5.11 Å². The van der Waals surface area contributed by atoms with E-state index >= 15 is 0 Å². The highest BCUT2D eigenvalue weighted by Crippen LogP contribution is 2.27. The zero-order chi connectivity index (χ0) is 10.8. The number of rotatable bonds is 2. The zero-order valence-electron chi connectivity index (χ0n) is 8.79. The lowest BCUT2D eigenvalue weighted by atomic mass is 9.89. The number of benzene rings is 1. The van der Waals surface area contributed by atoms with Crippen molar-refractivity contribution in [2.45, 2.75) is 25.8 Å². The molecular formula is C12H15NO2. The van der Waals surface area contributed by atoms with Crippen LogP contribution < -0.4 is 5.32 Å². The summed E-state index contributed by atoms with van der Waals surface area (Å²) in [5, 5.41) is 12.1. The number of aryl methyl sites for hydroxylation is 1. The molecule has 1 aromatic rings. The van der Waals surface area contributed by atoms with Gasteiger partial charge in [0, 0.05) is 6.04 Å². The fraction of sp³-hybridized carbons (Fsp3) is 0.417. The lowest BCUT2D eigenvalue weighted by Gasteiger charge is -2.27. The van der Waals surface area contributed by atoms with Gasteiger partial charge in [-0.1, -0.05) is 18.2 Å². The van der Waals surface area contributed by atoms with Crippen molar-refractivity contribution in [3.8, 4) is 0 Å². The van der Waals surface area contributed by atoms with Crippen LogP contribution in [0.2, 0.25) is 0 Å². The van der Waals surface area contributed by atoms with Crippen LogP contribution in [0.5, 0.6) is 0 Å². The SMILES string of the molecule is Cc1cccc2c1CCNC2CC(=O)O. The van der Waals surface area contributed by atoms with E-state index in [1.54, 1.807) is 0 Å². The van der Waals surface area contributed by atoms with Gasteiger partial charge in [-0.2, -0.15) is 0 Å². The molecule has 1 aliphatic heterocycles. The summed E-state index contributed by atoms with van der Waals surface area (Å²) in [4.78, 5) is 10.7. The van der Waals surface area contributed by atoms with Crippen LogP contribution in [0.15, 0.2) is 18.2 Å². The number of hydrogen-bond donors (Lipinski definition) is 2. The third-order valence-corrected chi connectivity index (χ3v) is 2.97. The lowest BCUT2D eigenvalue weighted by molar-refractivity contribution is -0.137. The molecule has 3 heteroatoms. The second kappa shape index (κ2) is 4.03. The minimum absolute atomic E-state index is 0.0221. The van der Waals surface area contributed by atoms with Crippen molar-refractivity contribution >= 4 is 5.97 Å². The number of hydrogen-bond acceptors (Lipinski definition) is 2. The van der Waals surface area contributed by atoms with Crippen molar-refractivity contribution in [2.75, 3.05) is 6.54 Å². The first-order valence-electron chi connectivity index (χ1n) is 5.22. The first-order chi connectivity index (χ1) is 7.18. The molecule has 0 aliphatic carbocycles. The molecule has 0 fully saturated rings. The van der Waals surface area contributed by atoms with Gasteiger partial charge in [-0.25, -0.2) is 0 Å². The molecule has 1 aliphatic rings. The minimum atomic E-state index is -0.748. The molecule has 80 valence electrons. The standard InChI is InChI=1S/C12H15NO2/c1-8-3-2-4-10-9(8)5-6-13-11(10)7-12(14)15/h2-4,11,13H,5-7H2,1H3,(H,14,15). The van der Waals surface area contributed by atoms with Gasteiger partial charge in [0.25, 0.3) is 0 Å². The van der Waals surface area contributed by atoms with Crippen molar-refractivity contribution in [1.29, 1.82) is 0 Å². The highest BCUT2D eigenvalue weighted by molar-refractivity contribution is 5.68. The Morgan fingerprint density at radius 3 is 3.13 bits per heavy atom. The van der Waals surface area contributed by atoms with Crippen LogP contribution in [0.1, 0.15) is 29.2 Å². The smallest absolute Gasteiger partial charge is 0.305 e. The topological polar surface area (TPSA) is 49.3 Å². The van der Waals surface area contributed by atoms with E-state index < -0.39 is 5.97 Å². The Bertz CT molecular complexity index is 387. The summed E-state index contributed by atoms with van der Waals surface area (Å²) >= 11 is 0. The normalized spacial score (nSPS) is 19.7. The average molecular weight is 205 g/mol. The van der Waals surface area contributed by atoms with E-state index in [9.17, 15) is 4.79 Å². The van der Waals surface area contributed by atoms with Crippen LogP contribution >= 0.6 is 0 Å². The average Bonchev–Trinajstić information content (AvgIpc) is 2.19. The van der Waals surface area contributed by atoms with Gasteiger partial charge < -0.3 is 10.4 Å². The van der Waals surface area contributed by atoms with E-state index in [0.717, 1.165) is 18.5 Å². The summed E-state index contributed by atoms with van der Waals surface area (Å²) in [7, 11) is 0. The molecule has 0 radical (unpaired) electrons. The fourth-order valence-electron chi connectivity index (χ4n) is 2.23. The first-order valence-corrected chi connectivity index (χ1v) is 5.22. The lowest BCUT2D eigenvalue weighted by Crippen LogP contribution is -2.31. The maximum absolute atomic E-state index is 10.7. The van der Waals surface area contributed by atoms with Crippen molar-refractivity contribution in [3.05, 3.63) is 34.9 Å². The molecule has 3 nitrogen and oxygen atoms in total. The number of fused-ring (bicyclic) bond motifs is 1. The highest BCUT2D eigenvalue weighted by Gasteiger charge is 2.22. The number of carboxylic acid groups (broad SMARTS) is 1. The molecule has 0 saturated heterocycles. The van der Waals surface area contributed by atoms with Gasteiger partial charge in [0.2, 0.25) is 0 Å². The Morgan fingerprint density at radius 2 is 2.40 bits per heavy atom. The Morgan fingerprint density at radius 1 is 1.60 bits per heavy atom. The van der Waals surface area contributed by atoms with Gasteiger partial charge in [-0.3, -0.25) is 4.79 Å². The summed E-state index contributed by atoms with van der Waals surface area (Å²) in [6.45, 7) is 2.96. The van der Waals surface area contributed by atoms with Crippen LogP contribution in [-0.2, 0) is 11.2 Å². The van der Waals surface area contributed by atoms with E-state index in [-0.39, 0.29) is 12.5 Å². The predicted octanol–water partition coefficient (Wildman–Crippen LogP) is 1.66. The van der Waals surface area contributed by atoms with Crippen LogP contribution in [0.25, 0.3) is 0 Å². The first kappa shape index (κ1) is 10.2. The molecule has 0 saturated carbocycles. The van der Waals surface area contributed by atoms with Gasteiger partial charge in [-0.05, 0) is 36.6 Å². The van der Waals surface area contributed by atoms with E-state index in [1.165, 1.54) is 11.1 Å².